The van der Waals surface area contributed by atoms with Crippen LogP contribution in [-0.2, 0) is 6.42 Å². The predicted octanol–water partition coefficient (Wildman–Crippen LogP) is 3.96. The summed E-state index contributed by atoms with van der Waals surface area (Å²) in [4.78, 5) is 18.3. The van der Waals surface area contributed by atoms with Gasteiger partial charge in [-0.05, 0) is 49.6 Å². The molecule has 100 valence electrons. The summed E-state index contributed by atoms with van der Waals surface area (Å²) in [6.45, 7) is 6.19. The Labute approximate surface area is 117 Å². The van der Waals surface area contributed by atoms with Crippen LogP contribution in [0.25, 0.3) is 0 Å². The van der Waals surface area contributed by atoms with Gasteiger partial charge in [0, 0.05) is 11.1 Å². The summed E-state index contributed by atoms with van der Waals surface area (Å²) >= 11 is 1.55. The molecule has 0 saturated heterocycles. The molecule has 4 heteroatoms. The third-order valence-electron chi connectivity index (χ3n) is 2.92. The fourth-order valence-electron chi connectivity index (χ4n) is 1.93. The van der Waals surface area contributed by atoms with Crippen molar-refractivity contribution in [1.29, 1.82) is 0 Å². The maximum absolute atomic E-state index is 12.2. The molecule has 1 amide bonds. The van der Waals surface area contributed by atoms with Gasteiger partial charge < -0.3 is 5.32 Å². The largest absolute Gasteiger partial charge is 0.306 e. The summed E-state index contributed by atoms with van der Waals surface area (Å²) in [7, 11) is 0. The first-order valence-electron chi connectivity index (χ1n) is 6.43. The average molecular weight is 274 g/mol. The molecule has 3 nitrogen and oxygen atoms in total. The zero-order chi connectivity index (χ0) is 13.8. The van der Waals surface area contributed by atoms with Crippen molar-refractivity contribution in [3.63, 3.8) is 0 Å². The summed E-state index contributed by atoms with van der Waals surface area (Å²) in [5.74, 6) is 0.529. The van der Waals surface area contributed by atoms with Gasteiger partial charge in [0.05, 0.1) is 4.88 Å². The molecule has 0 unspecified atom stereocenters. The number of pyridine rings is 1. The average Bonchev–Trinajstić information content (AvgIpc) is 2.72. The van der Waals surface area contributed by atoms with E-state index < -0.39 is 0 Å². The minimum atomic E-state index is -0.0754. The number of aromatic nitrogens is 1. The molecule has 0 spiro atoms. The molecule has 0 bridgehead atoms. The maximum atomic E-state index is 12.2. The van der Waals surface area contributed by atoms with E-state index in [1.54, 1.807) is 17.5 Å². The van der Waals surface area contributed by atoms with Crippen LogP contribution in [0.5, 0.6) is 0 Å². The van der Waals surface area contributed by atoms with E-state index in [1.165, 1.54) is 10.4 Å². The molecule has 2 rings (SSSR count). The Morgan fingerprint density at radius 3 is 2.84 bits per heavy atom. The predicted molar refractivity (Wildman–Crippen MR) is 80.0 cm³/mol. The van der Waals surface area contributed by atoms with Crippen molar-refractivity contribution in [3.8, 4) is 0 Å². The standard InChI is InChI=1S/C15H18N2OS/c1-4-5-12-9-13(19-11(12)3)15(18)17-14-8-10(2)6-7-16-14/h6-9H,4-5H2,1-3H3,(H,16,17,18). The van der Waals surface area contributed by atoms with Gasteiger partial charge in [-0.3, -0.25) is 4.79 Å². The first-order valence-corrected chi connectivity index (χ1v) is 7.25. The molecule has 0 saturated carbocycles. The highest BCUT2D eigenvalue weighted by molar-refractivity contribution is 7.14. The lowest BCUT2D eigenvalue weighted by atomic mass is 10.1. The Morgan fingerprint density at radius 1 is 1.37 bits per heavy atom. The van der Waals surface area contributed by atoms with Gasteiger partial charge in [-0.2, -0.15) is 0 Å². The number of anilines is 1. The van der Waals surface area contributed by atoms with Gasteiger partial charge in [0.15, 0.2) is 0 Å². The summed E-state index contributed by atoms with van der Waals surface area (Å²) < 4.78 is 0. The first kappa shape index (κ1) is 13.7. The van der Waals surface area contributed by atoms with E-state index in [9.17, 15) is 4.79 Å². The van der Waals surface area contributed by atoms with Crippen LogP contribution in [0.2, 0.25) is 0 Å². The van der Waals surface area contributed by atoms with Crippen LogP contribution in [0.1, 0.15) is 39.0 Å². The van der Waals surface area contributed by atoms with Gasteiger partial charge in [0.1, 0.15) is 5.82 Å². The van der Waals surface area contributed by atoms with E-state index in [0.717, 1.165) is 23.3 Å². The number of thiophene rings is 1. The third kappa shape index (κ3) is 3.41. The highest BCUT2D eigenvalue weighted by atomic mass is 32.1. The molecule has 19 heavy (non-hydrogen) atoms. The summed E-state index contributed by atoms with van der Waals surface area (Å²) in [5, 5.41) is 2.84. The molecule has 2 heterocycles. The normalized spacial score (nSPS) is 10.5. The first-order chi connectivity index (χ1) is 9.10. The number of rotatable bonds is 4. The second kappa shape index (κ2) is 5.97. The molecular formula is C15H18N2OS. The van der Waals surface area contributed by atoms with E-state index in [-0.39, 0.29) is 5.91 Å². The van der Waals surface area contributed by atoms with E-state index in [0.29, 0.717) is 5.82 Å². The van der Waals surface area contributed by atoms with Crippen LogP contribution in [0.15, 0.2) is 24.4 Å². The second-order valence-electron chi connectivity index (χ2n) is 4.61. The number of carbonyl (C=O) groups is 1. The van der Waals surface area contributed by atoms with Gasteiger partial charge in [-0.1, -0.05) is 13.3 Å². The second-order valence-corrected chi connectivity index (χ2v) is 5.87. The van der Waals surface area contributed by atoms with Gasteiger partial charge >= 0.3 is 0 Å². The number of carbonyl (C=O) groups excluding carboxylic acids is 1. The Morgan fingerprint density at radius 2 is 2.16 bits per heavy atom. The van der Waals surface area contributed by atoms with E-state index >= 15 is 0 Å². The minimum absolute atomic E-state index is 0.0754. The van der Waals surface area contributed by atoms with Gasteiger partial charge in [0.25, 0.3) is 5.91 Å². The molecule has 0 radical (unpaired) electrons. The lowest BCUT2D eigenvalue weighted by Gasteiger charge is -2.02. The summed E-state index contributed by atoms with van der Waals surface area (Å²) in [6.07, 6.45) is 3.82. The lowest BCUT2D eigenvalue weighted by Crippen LogP contribution is -2.11. The highest BCUT2D eigenvalue weighted by Crippen LogP contribution is 2.23. The molecule has 2 aromatic heterocycles. The van der Waals surface area contributed by atoms with Crippen molar-refractivity contribution in [2.45, 2.75) is 33.6 Å². The molecule has 0 fully saturated rings. The van der Waals surface area contributed by atoms with Gasteiger partial charge in [0.2, 0.25) is 0 Å². The molecule has 0 aliphatic heterocycles. The monoisotopic (exact) mass is 274 g/mol. The number of nitrogens with one attached hydrogen (secondary N) is 1. The zero-order valence-corrected chi connectivity index (χ0v) is 12.3. The van der Waals surface area contributed by atoms with E-state index in [1.807, 2.05) is 25.1 Å². The van der Waals surface area contributed by atoms with Crippen molar-refractivity contribution < 1.29 is 4.79 Å². The van der Waals surface area contributed by atoms with Crippen molar-refractivity contribution in [1.82, 2.24) is 4.98 Å². The smallest absolute Gasteiger partial charge is 0.266 e. The van der Waals surface area contributed by atoms with Crippen LogP contribution in [-0.4, -0.2) is 10.9 Å². The molecule has 0 atom stereocenters. The van der Waals surface area contributed by atoms with Crippen molar-refractivity contribution in [3.05, 3.63) is 45.3 Å². The number of nitrogens with zero attached hydrogens (tertiary/aromatic N) is 1. The van der Waals surface area contributed by atoms with Gasteiger partial charge in [-0.25, -0.2) is 4.98 Å². The lowest BCUT2D eigenvalue weighted by molar-refractivity contribution is 0.103. The van der Waals surface area contributed by atoms with Crippen LogP contribution in [0.3, 0.4) is 0 Å². The van der Waals surface area contributed by atoms with Crippen LogP contribution in [0, 0.1) is 13.8 Å². The number of hydrogen-bond donors (Lipinski definition) is 1. The quantitative estimate of drug-likeness (QED) is 0.916. The van der Waals surface area contributed by atoms with E-state index in [4.69, 9.17) is 0 Å². The molecule has 0 aliphatic carbocycles. The summed E-state index contributed by atoms with van der Waals surface area (Å²) in [6, 6.07) is 5.77. The number of aryl methyl sites for hydroxylation is 3. The van der Waals surface area contributed by atoms with Crippen LogP contribution >= 0.6 is 11.3 Å². The molecule has 0 aromatic carbocycles. The molecule has 0 aliphatic rings. The van der Waals surface area contributed by atoms with Crippen molar-refractivity contribution in [2.24, 2.45) is 0 Å². The minimum Gasteiger partial charge on any atom is -0.306 e. The van der Waals surface area contributed by atoms with Crippen LogP contribution < -0.4 is 5.32 Å². The fourth-order valence-corrected chi connectivity index (χ4v) is 2.90. The van der Waals surface area contributed by atoms with E-state index in [2.05, 4.69) is 24.1 Å². The Balaban J connectivity index is 2.14. The molecule has 2 aromatic rings. The fraction of sp³-hybridized carbons (Fsp3) is 0.333. The van der Waals surface area contributed by atoms with Crippen LogP contribution in [0.4, 0.5) is 5.82 Å². The Kier molecular flexibility index (Phi) is 4.32. The molecule has 1 N–H and O–H groups in total. The van der Waals surface area contributed by atoms with Crippen molar-refractivity contribution in [2.75, 3.05) is 5.32 Å². The van der Waals surface area contributed by atoms with Gasteiger partial charge in [-0.15, -0.1) is 11.3 Å². The molecular weight excluding hydrogens is 256 g/mol. The zero-order valence-electron chi connectivity index (χ0n) is 11.5. The Bertz CT molecular complexity index is 590. The SMILES string of the molecule is CCCc1cc(C(=O)Nc2cc(C)ccn2)sc1C. The Hall–Kier alpha value is -1.68. The third-order valence-corrected chi connectivity index (χ3v) is 4.01. The topological polar surface area (TPSA) is 42.0 Å². The summed E-state index contributed by atoms with van der Waals surface area (Å²) in [5.41, 5.74) is 2.36. The number of hydrogen-bond acceptors (Lipinski definition) is 3. The number of amides is 1. The van der Waals surface area contributed by atoms with Crippen molar-refractivity contribution >= 4 is 23.1 Å². The highest BCUT2D eigenvalue weighted by Gasteiger charge is 2.12. The maximum Gasteiger partial charge on any atom is 0.266 e.